The van der Waals surface area contributed by atoms with E-state index in [1.807, 2.05) is 0 Å². The summed E-state index contributed by atoms with van der Waals surface area (Å²) in [5.41, 5.74) is -0.875. The number of hydrogen-bond donors (Lipinski definition) is 2. The number of rotatable bonds is 5. The second kappa shape index (κ2) is 8.20. The molecule has 32 heavy (non-hydrogen) atoms. The van der Waals surface area contributed by atoms with Crippen molar-refractivity contribution in [3.8, 4) is 0 Å². The molecule has 0 spiro atoms. The summed E-state index contributed by atoms with van der Waals surface area (Å²) < 4.78 is 24.4. The second-order valence-corrected chi connectivity index (χ2v) is 7.91. The third-order valence-electron chi connectivity index (χ3n) is 5.18. The number of carbonyl (C=O) groups is 2. The van der Waals surface area contributed by atoms with Crippen molar-refractivity contribution in [1.29, 1.82) is 0 Å². The molecule has 172 valence electrons. The van der Waals surface area contributed by atoms with Crippen LogP contribution in [0, 0.1) is 0 Å². The summed E-state index contributed by atoms with van der Waals surface area (Å²) in [6, 6.07) is 0. The van der Waals surface area contributed by atoms with Gasteiger partial charge in [0.05, 0.1) is 13.2 Å². The number of aliphatic hydroxyl groups is 1. The number of pyridine rings is 1. The van der Waals surface area contributed by atoms with Gasteiger partial charge in [-0.3, -0.25) is 9.59 Å². The molecule has 12 heteroatoms. The number of ether oxygens (including phenoxy) is 4. The minimum atomic E-state index is -0.931. The monoisotopic (exact) mass is 448 g/mol. The second-order valence-electron chi connectivity index (χ2n) is 7.91. The van der Waals surface area contributed by atoms with Crippen LogP contribution >= 0.6 is 0 Å². The highest BCUT2D eigenvalue weighted by Crippen LogP contribution is 2.43. The molecule has 0 saturated carbocycles. The molecule has 2 aromatic heterocycles. The Morgan fingerprint density at radius 2 is 2.00 bits per heavy atom. The fraction of sp³-hybridized carbons (Fsp3) is 0.550. The van der Waals surface area contributed by atoms with Gasteiger partial charge >= 0.3 is 5.97 Å². The van der Waals surface area contributed by atoms with E-state index in [1.54, 1.807) is 20.8 Å². The molecule has 0 bridgehead atoms. The average molecular weight is 448 g/mol. The van der Waals surface area contributed by atoms with Crippen LogP contribution in [-0.4, -0.2) is 68.8 Å². The van der Waals surface area contributed by atoms with Crippen molar-refractivity contribution in [3.63, 3.8) is 0 Å². The lowest BCUT2D eigenvalue weighted by molar-refractivity contribution is -0.199. The van der Waals surface area contributed by atoms with Gasteiger partial charge in [-0.1, -0.05) is 0 Å². The van der Waals surface area contributed by atoms with Gasteiger partial charge < -0.3 is 33.9 Å². The first-order valence-electron chi connectivity index (χ1n) is 10.1. The Balaban J connectivity index is 1.94. The van der Waals surface area contributed by atoms with Gasteiger partial charge in [-0.15, -0.1) is 0 Å². The summed E-state index contributed by atoms with van der Waals surface area (Å²) in [4.78, 5) is 45.6. The van der Waals surface area contributed by atoms with Gasteiger partial charge in [0.2, 0.25) is 11.3 Å². The van der Waals surface area contributed by atoms with Crippen LogP contribution in [0.15, 0.2) is 17.3 Å². The van der Waals surface area contributed by atoms with Gasteiger partial charge in [0.1, 0.15) is 41.4 Å². The van der Waals surface area contributed by atoms with Crippen molar-refractivity contribution in [2.75, 3.05) is 18.5 Å². The smallest absolute Gasteiger partial charge is 0.343 e. The summed E-state index contributed by atoms with van der Waals surface area (Å²) in [6.07, 6.45) is -0.387. The molecule has 4 rings (SSSR count). The van der Waals surface area contributed by atoms with E-state index in [2.05, 4.69) is 15.3 Å². The topological polar surface area (TPSA) is 151 Å². The number of anilines is 1. The fourth-order valence-corrected chi connectivity index (χ4v) is 4.01. The summed E-state index contributed by atoms with van der Waals surface area (Å²) >= 11 is 0. The molecule has 2 fully saturated rings. The van der Waals surface area contributed by atoms with E-state index in [9.17, 15) is 19.5 Å². The standard InChI is InChI=1S/C20H24N4O8/c1-5-29-19(28)10-6-24(17-12(13(10)27)16(21-8-22-17)23-9(2)26)18-15-14(11(7-25)30-18)31-20(3,4)32-15/h6,8,11,14-15,18,25H,5,7H2,1-4H3,(H,21,22,23,26). The van der Waals surface area contributed by atoms with Gasteiger partial charge in [0.25, 0.3) is 0 Å². The largest absolute Gasteiger partial charge is 0.462 e. The molecule has 2 aliphatic rings. The zero-order chi connectivity index (χ0) is 23.2. The third-order valence-corrected chi connectivity index (χ3v) is 5.18. The van der Waals surface area contributed by atoms with Crippen LogP contribution in [0.3, 0.4) is 0 Å². The van der Waals surface area contributed by atoms with Crippen molar-refractivity contribution in [2.24, 2.45) is 0 Å². The molecule has 4 heterocycles. The molecular weight excluding hydrogens is 424 g/mol. The van der Waals surface area contributed by atoms with E-state index in [4.69, 9.17) is 18.9 Å². The number of aliphatic hydroxyl groups excluding tert-OH is 1. The molecular formula is C20H24N4O8. The van der Waals surface area contributed by atoms with Crippen LogP contribution in [-0.2, 0) is 23.7 Å². The maximum Gasteiger partial charge on any atom is 0.343 e. The number of amides is 1. The zero-order valence-electron chi connectivity index (χ0n) is 18.0. The maximum atomic E-state index is 13.2. The highest BCUT2D eigenvalue weighted by Gasteiger charge is 2.56. The van der Waals surface area contributed by atoms with Gasteiger partial charge in [-0.25, -0.2) is 14.8 Å². The molecule has 0 aliphatic carbocycles. The minimum Gasteiger partial charge on any atom is -0.462 e. The Morgan fingerprint density at radius 3 is 2.66 bits per heavy atom. The lowest BCUT2D eigenvalue weighted by Gasteiger charge is -2.26. The molecule has 2 aliphatic heterocycles. The first-order valence-corrected chi connectivity index (χ1v) is 10.1. The minimum absolute atomic E-state index is 0.0513. The zero-order valence-corrected chi connectivity index (χ0v) is 18.0. The number of nitrogens with one attached hydrogen (secondary N) is 1. The van der Waals surface area contributed by atoms with Crippen LogP contribution in [0.25, 0.3) is 11.0 Å². The molecule has 0 aromatic carbocycles. The maximum absolute atomic E-state index is 13.2. The van der Waals surface area contributed by atoms with Gasteiger partial charge in [0.15, 0.2) is 17.7 Å². The summed E-state index contributed by atoms with van der Waals surface area (Å²) in [5.74, 6) is -2.28. The van der Waals surface area contributed by atoms with E-state index in [1.165, 1.54) is 24.0 Å². The van der Waals surface area contributed by atoms with E-state index < -0.39 is 47.6 Å². The predicted octanol–water partition coefficient (Wildman–Crippen LogP) is 0.336. The van der Waals surface area contributed by atoms with E-state index in [0.717, 1.165) is 0 Å². The average Bonchev–Trinajstić information content (AvgIpc) is 3.21. The Kier molecular flexibility index (Phi) is 5.71. The number of hydrogen-bond acceptors (Lipinski definition) is 10. The van der Waals surface area contributed by atoms with Gasteiger partial charge in [-0.05, 0) is 20.8 Å². The highest BCUT2D eigenvalue weighted by atomic mass is 16.8. The summed E-state index contributed by atoms with van der Waals surface area (Å²) in [7, 11) is 0. The molecule has 2 N–H and O–H groups in total. The van der Waals surface area contributed by atoms with Gasteiger partial charge in [-0.2, -0.15) is 0 Å². The van der Waals surface area contributed by atoms with Crippen LogP contribution in [0.1, 0.15) is 44.3 Å². The number of fused-ring (bicyclic) bond motifs is 2. The Morgan fingerprint density at radius 1 is 1.28 bits per heavy atom. The molecule has 0 radical (unpaired) electrons. The fourth-order valence-electron chi connectivity index (χ4n) is 4.01. The van der Waals surface area contributed by atoms with Crippen molar-refractivity contribution >= 4 is 28.7 Å². The van der Waals surface area contributed by atoms with Crippen molar-refractivity contribution in [2.45, 2.75) is 58.0 Å². The number of carbonyl (C=O) groups excluding carboxylic acids is 2. The first kappa shape index (κ1) is 22.3. The first-order chi connectivity index (χ1) is 15.2. The number of aromatic nitrogens is 3. The van der Waals surface area contributed by atoms with Crippen LogP contribution in [0.4, 0.5) is 5.82 Å². The van der Waals surface area contributed by atoms with Crippen LogP contribution in [0.2, 0.25) is 0 Å². The molecule has 2 aromatic rings. The van der Waals surface area contributed by atoms with Crippen molar-refractivity contribution < 1.29 is 33.6 Å². The molecule has 4 unspecified atom stereocenters. The third kappa shape index (κ3) is 3.75. The molecule has 2 saturated heterocycles. The van der Waals surface area contributed by atoms with Crippen molar-refractivity contribution in [1.82, 2.24) is 14.5 Å². The van der Waals surface area contributed by atoms with Gasteiger partial charge in [0, 0.05) is 13.1 Å². The quantitative estimate of drug-likeness (QED) is 0.613. The predicted molar refractivity (Wildman–Crippen MR) is 109 cm³/mol. The van der Waals surface area contributed by atoms with Crippen molar-refractivity contribution in [3.05, 3.63) is 28.3 Å². The van der Waals surface area contributed by atoms with Crippen LogP contribution in [0.5, 0.6) is 0 Å². The SMILES string of the molecule is CCOC(=O)c1cn(C2OC(CO)C3OC(C)(C)OC32)c2ncnc(NC(C)=O)c2c1=O. The molecule has 12 nitrogen and oxygen atoms in total. The lowest BCUT2D eigenvalue weighted by atomic mass is 10.1. The number of nitrogens with zero attached hydrogens (tertiary/aromatic N) is 3. The summed E-state index contributed by atoms with van der Waals surface area (Å²) in [6.45, 7) is 6.09. The lowest BCUT2D eigenvalue weighted by Crippen LogP contribution is -2.31. The highest BCUT2D eigenvalue weighted by molar-refractivity contribution is 6.00. The molecule has 1 amide bonds. The molecule has 4 atom stereocenters. The number of esters is 1. The Labute approximate surface area is 182 Å². The van der Waals surface area contributed by atoms with E-state index >= 15 is 0 Å². The Bertz CT molecular complexity index is 1130. The Hall–Kier alpha value is -2.93. The van der Waals surface area contributed by atoms with Crippen LogP contribution < -0.4 is 10.7 Å². The van der Waals surface area contributed by atoms with E-state index in [0.29, 0.717) is 0 Å². The summed E-state index contributed by atoms with van der Waals surface area (Å²) in [5, 5.41) is 12.2. The normalized spacial score (nSPS) is 26.2. The van der Waals surface area contributed by atoms with E-state index in [-0.39, 0.29) is 35.6 Å².